The molecular formula is C8H16N2O3. The van der Waals surface area contributed by atoms with Gasteiger partial charge in [-0.3, -0.25) is 4.84 Å². The Bertz CT molecular complexity index is 186. The van der Waals surface area contributed by atoms with Gasteiger partial charge in [-0.2, -0.15) is 0 Å². The van der Waals surface area contributed by atoms with Gasteiger partial charge in [0, 0.05) is 12.6 Å². The first-order valence-corrected chi connectivity index (χ1v) is 4.42. The van der Waals surface area contributed by atoms with Crippen molar-refractivity contribution in [2.45, 2.75) is 31.9 Å². The Labute approximate surface area is 77.6 Å². The number of carbonyl (C=O) groups excluding carboxylic acids is 1. The summed E-state index contributed by atoms with van der Waals surface area (Å²) in [4.78, 5) is 17.4. The molecule has 5 heteroatoms. The summed E-state index contributed by atoms with van der Waals surface area (Å²) < 4.78 is 0. The summed E-state index contributed by atoms with van der Waals surface area (Å²) in [5.41, 5.74) is 2.24. The Hall–Kier alpha value is -0.810. The maximum atomic E-state index is 11.3. The lowest BCUT2D eigenvalue weighted by atomic mass is 10.0. The fourth-order valence-corrected chi connectivity index (χ4v) is 1.52. The van der Waals surface area contributed by atoms with Crippen LogP contribution in [0.15, 0.2) is 0 Å². The van der Waals surface area contributed by atoms with Crippen LogP contribution in [0.3, 0.4) is 0 Å². The monoisotopic (exact) mass is 188 g/mol. The first-order valence-electron chi connectivity index (χ1n) is 4.42. The van der Waals surface area contributed by atoms with E-state index < -0.39 is 6.10 Å². The van der Waals surface area contributed by atoms with E-state index in [-0.39, 0.29) is 12.1 Å². The highest BCUT2D eigenvalue weighted by Crippen LogP contribution is 2.16. The van der Waals surface area contributed by atoms with Crippen molar-refractivity contribution in [2.24, 2.45) is 0 Å². The van der Waals surface area contributed by atoms with Crippen LogP contribution in [0, 0.1) is 0 Å². The molecule has 1 fully saturated rings. The van der Waals surface area contributed by atoms with E-state index in [1.54, 1.807) is 4.90 Å². The maximum absolute atomic E-state index is 11.3. The van der Waals surface area contributed by atoms with Crippen molar-refractivity contribution in [2.75, 3.05) is 13.7 Å². The van der Waals surface area contributed by atoms with Crippen LogP contribution in [-0.2, 0) is 4.84 Å². The summed E-state index contributed by atoms with van der Waals surface area (Å²) in [5.74, 6) is 0. The van der Waals surface area contributed by atoms with Crippen LogP contribution in [-0.4, -0.2) is 41.8 Å². The van der Waals surface area contributed by atoms with Gasteiger partial charge in [-0.1, -0.05) is 0 Å². The van der Waals surface area contributed by atoms with E-state index in [1.807, 2.05) is 6.92 Å². The van der Waals surface area contributed by atoms with Crippen molar-refractivity contribution in [1.29, 1.82) is 0 Å². The predicted octanol–water partition coefficient (Wildman–Crippen LogP) is 0.103. The minimum atomic E-state index is -0.404. The van der Waals surface area contributed by atoms with E-state index in [1.165, 1.54) is 7.11 Å². The van der Waals surface area contributed by atoms with Gasteiger partial charge < -0.3 is 10.0 Å². The molecule has 2 amide bonds. The average Bonchev–Trinajstić information content (AvgIpc) is 2.09. The third kappa shape index (κ3) is 2.57. The zero-order chi connectivity index (χ0) is 9.84. The van der Waals surface area contributed by atoms with Gasteiger partial charge in [-0.05, 0) is 19.8 Å². The van der Waals surface area contributed by atoms with Crippen LogP contribution in [0.4, 0.5) is 4.79 Å². The molecule has 0 aromatic rings. The molecule has 13 heavy (non-hydrogen) atoms. The number of β-amino-alcohol motifs (C(OH)–C–C–N with tert-alkyl or cyclic N) is 1. The van der Waals surface area contributed by atoms with Gasteiger partial charge in [0.25, 0.3) is 0 Å². The highest BCUT2D eigenvalue weighted by atomic mass is 16.6. The second kappa shape index (κ2) is 4.43. The highest BCUT2D eigenvalue weighted by molar-refractivity contribution is 5.73. The maximum Gasteiger partial charge on any atom is 0.341 e. The topological polar surface area (TPSA) is 61.8 Å². The molecule has 0 unspecified atom stereocenters. The number of amides is 2. The number of aliphatic hydroxyl groups excluding tert-OH is 1. The number of carbonyl (C=O) groups is 1. The molecule has 0 saturated carbocycles. The van der Waals surface area contributed by atoms with Crippen molar-refractivity contribution in [3.63, 3.8) is 0 Å². The molecule has 2 atom stereocenters. The van der Waals surface area contributed by atoms with Gasteiger partial charge in [0.1, 0.15) is 0 Å². The molecule has 1 heterocycles. The molecule has 2 N–H and O–H groups in total. The van der Waals surface area contributed by atoms with Gasteiger partial charge >= 0.3 is 6.03 Å². The van der Waals surface area contributed by atoms with Crippen molar-refractivity contribution in [1.82, 2.24) is 10.4 Å². The normalized spacial score (nSPS) is 28.7. The molecule has 0 radical (unpaired) electrons. The lowest BCUT2D eigenvalue weighted by molar-refractivity contribution is 0.0344. The molecule has 0 spiro atoms. The lowest BCUT2D eigenvalue weighted by Crippen LogP contribution is -2.51. The van der Waals surface area contributed by atoms with E-state index in [0.717, 1.165) is 12.8 Å². The number of nitrogens with one attached hydrogen (secondary N) is 1. The third-order valence-electron chi connectivity index (χ3n) is 2.31. The standard InChI is InChI=1S/C8H16N2O3/c1-6-3-4-7(11)5-10(6)8(12)9-13-2/h6-7,11H,3-5H2,1-2H3,(H,9,12)/t6-,7-/m1/s1. The quantitative estimate of drug-likeness (QED) is 0.574. The second-order valence-electron chi connectivity index (χ2n) is 3.34. The van der Waals surface area contributed by atoms with Crippen molar-refractivity contribution >= 4 is 6.03 Å². The van der Waals surface area contributed by atoms with E-state index in [4.69, 9.17) is 0 Å². The van der Waals surface area contributed by atoms with E-state index in [2.05, 4.69) is 10.3 Å². The number of nitrogens with zero attached hydrogens (tertiary/aromatic N) is 1. The summed E-state index contributed by atoms with van der Waals surface area (Å²) in [6.07, 6.45) is 1.19. The Morgan fingerprint density at radius 3 is 2.92 bits per heavy atom. The molecule has 1 aliphatic rings. The Kier molecular flexibility index (Phi) is 3.50. The van der Waals surface area contributed by atoms with Crippen molar-refractivity contribution in [3.8, 4) is 0 Å². The Morgan fingerprint density at radius 2 is 2.31 bits per heavy atom. The van der Waals surface area contributed by atoms with Gasteiger partial charge in [0.15, 0.2) is 0 Å². The van der Waals surface area contributed by atoms with Crippen LogP contribution in [0.5, 0.6) is 0 Å². The average molecular weight is 188 g/mol. The summed E-state index contributed by atoms with van der Waals surface area (Å²) in [6.45, 7) is 2.34. The number of urea groups is 1. The molecular weight excluding hydrogens is 172 g/mol. The number of piperidine rings is 1. The number of aliphatic hydroxyl groups is 1. The largest absolute Gasteiger partial charge is 0.391 e. The van der Waals surface area contributed by atoms with Gasteiger partial charge in [-0.25, -0.2) is 10.3 Å². The third-order valence-corrected chi connectivity index (χ3v) is 2.31. The van der Waals surface area contributed by atoms with E-state index in [9.17, 15) is 9.90 Å². The second-order valence-corrected chi connectivity index (χ2v) is 3.34. The van der Waals surface area contributed by atoms with E-state index >= 15 is 0 Å². The summed E-state index contributed by atoms with van der Waals surface area (Å²) in [6, 6.07) is -0.118. The Balaban J connectivity index is 2.50. The number of likely N-dealkylation sites (tertiary alicyclic amines) is 1. The smallest absolute Gasteiger partial charge is 0.341 e. The molecule has 1 rings (SSSR count). The molecule has 0 aromatic heterocycles. The minimum Gasteiger partial charge on any atom is -0.391 e. The van der Waals surface area contributed by atoms with Crippen molar-refractivity contribution < 1.29 is 14.7 Å². The Morgan fingerprint density at radius 1 is 1.62 bits per heavy atom. The first-order chi connectivity index (χ1) is 6.15. The zero-order valence-corrected chi connectivity index (χ0v) is 7.99. The summed E-state index contributed by atoms with van der Waals surface area (Å²) >= 11 is 0. The van der Waals surface area contributed by atoms with Gasteiger partial charge in [0.2, 0.25) is 0 Å². The number of hydrogen-bond acceptors (Lipinski definition) is 3. The molecule has 76 valence electrons. The molecule has 0 bridgehead atoms. The van der Waals surface area contributed by atoms with Gasteiger partial charge in [-0.15, -0.1) is 0 Å². The van der Waals surface area contributed by atoms with E-state index in [0.29, 0.717) is 6.54 Å². The minimum absolute atomic E-state index is 0.165. The molecule has 5 nitrogen and oxygen atoms in total. The summed E-state index contributed by atoms with van der Waals surface area (Å²) in [7, 11) is 1.39. The fraction of sp³-hybridized carbons (Fsp3) is 0.875. The molecule has 0 aromatic carbocycles. The van der Waals surface area contributed by atoms with Crippen molar-refractivity contribution in [3.05, 3.63) is 0 Å². The van der Waals surface area contributed by atoms with Gasteiger partial charge in [0.05, 0.1) is 13.2 Å². The molecule has 0 aliphatic carbocycles. The fourth-order valence-electron chi connectivity index (χ4n) is 1.52. The van der Waals surface area contributed by atoms with Crippen LogP contribution in [0.2, 0.25) is 0 Å². The van der Waals surface area contributed by atoms with Crippen LogP contribution >= 0.6 is 0 Å². The van der Waals surface area contributed by atoms with Crippen LogP contribution in [0.25, 0.3) is 0 Å². The number of rotatable bonds is 1. The SMILES string of the molecule is CONC(=O)N1C[C@H](O)CC[C@H]1C. The molecule has 1 aliphatic heterocycles. The number of hydroxylamine groups is 1. The highest BCUT2D eigenvalue weighted by Gasteiger charge is 2.27. The molecule has 1 saturated heterocycles. The lowest BCUT2D eigenvalue weighted by Gasteiger charge is -2.35. The zero-order valence-electron chi connectivity index (χ0n) is 7.99. The predicted molar refractivity (Wildman–Crippen MR) is 46.9 cm³/mol. The number of hydrogen-bond donors (Lipinski definition) is 2. The van der Waals surface area contributed by atoms with Crippen LogP contribution < -0.4 is 5.48 Å². The first kappa shape index (κ1) is 10.3. The van der Waals surface area contributed by atoms with Crippen LogP contribution in [0.1, 0.15) is 19.8 Å². The summed E-state index contributed by atoms with van der Waals surface area (Å²) in [5, 5.41) is 9.35.